The highest BCUT2D eigenvalue weighted by atomic mass is 16.3. The summed E-state index contributed by atoms with van der Waals surface area (Å²) >= 11 is 0. The molecule has 1 unspecified atom stereocenters. The Morgan fingerprint density at radius 2 is 2.12 bits per heavy atom. The summed E-state index contributed by atoms with van der Waals surface area (Å²) in [5.74, 6) is 0.749. The number of β-amino-alcohol motifs (C(OH)–C–C–N with tert-alkyl or cyclic N) is 1. The normalized spacial score (nSPS) is 24.9. The summed E-state index contributed by atoms with van der Waals surface area (Å²) < 4.78 is 0. The summed E-state index contributed by atoms with van der Waals surface area (Å²) in [5, 5.41) is 9.64. The summed E-state index contributed by atoms with van der Waals surface area (Å²) in [6.07, 6.45) is 2.90. The van der Waals surface area contributed by atoms with Crippen molar-refractivity contribution in [1.82, 2.24) is 4.90 Å². The zero-order valence-electron chi connectivity index (χ0n) is 11.0. The minimum Gasteiger partial charge on any atom is -0.391 e. The number of likely N-dealkylation sites (tertiary alicyclic amines) is 1. The number of carbonyl (C=O) groups is 1. The van der Waals surface area contributed by atoms with Crippen molar-refractivity contribution in [3.63, 3.8) is 0 Å². The van der Waals surface area contributed by atoms with E-state index in [-0.39, 0.29) is 17.6 Å². The fraction of sp³-hybridized carbons (Fsp3) is 0.923. The first-order valence-corrected chi connectivity index (χ1v) is 6.31. The van der Waals surface area contributed by atoms with E-state index in [0.717, 1.165) is 19.3 Å². The number of aliphatic hydroxyl groups is 1. The Kier molecular flexibility index (Phi) is 4.36. The molecule has 1 N–H and O–H groups in total. The van der Waals surface area contributed by atoms with Gasteiger partial charge in [-0.25, -0.2) is 0 Å². The molecule has 0 spiro atoms. The third-order valence-electron chi connectivity index (χ3n) is 3.45. The van der Waals surface area contributed by atoms with Gasteiger partial charge in [0.1, 0.15) is 0 Å². The van der Waals surface area contributed by atoms with E-state index in [2.05, 4.69) is 27.7 Å². The third kappa shape index (κ3) is 3.48. The van der Waals surface area contributed by atoms with Gasteiger partial charge in [-0.05, 0) is 39.0 Å². The van der Waals surface area contributed by atoms with Crippen LogP contribution >= 0.6 is 0 Å². The highest BCUT2D eigenvalue weighted by molar-refractivity contribution is 5.77. The van der Waals surface area contributed by atoms with E-state index in [9.17, 15) is 9.90 Å². The molecule has 1 rings (SSSR count). The lowest BCUT2D eigenvalue weighted by molar-refractivity contribution is -0.142. The first kappa shape index (κ1) is 13.5. The first-order valence-electron chi connectivity index (χ1n) is 6.31. The number of aliphatic hydroxyl groups excluding tert-OH is 1. The van der Waals surface area contributed by atoms with Crippen LogP contribution in [0, 0.1) is 5.92 Å². The molecule has 0 aromatic carbocycles. The molecule has 3 nitrogen and oxygen atoms in total. The predicted octanol–water partition coefficient (Wildman–Crippen LogP) is 2.18. The average Bonchev–Trinajstić information content (AvgIpc) is 2.18. The number of hydrogen-bond donors (Lipinski definition) is 1. The van der Waals surface area contributed by atoms with Gasteiger partial charge in [-0.15, -0.1) is 0 Å². The van der Waals surface area contributed by atoms with Crippen LogP contribution in [0.15, 0.2) is 0 Å². The van der Waals surface area contributed by atoms with Crippen molar-refractivity contribution in [3.05, 3.63) is 0 Å². The molecule has 0 radical (unpaired) electrons. The molecule has 1 saturated heterocycles. The second-order valence-corrected chi connectivity index (χ2v) is 5.94. The number of amides is 1. The van der Waals surface area contributed by atoms with Crippen molar-refractivity contribution >= 4 is 5.91 Å². The minimum atomic E-state index is -0.337. The Labute approximate surface area is 98.8 Å². The highest BCUT2D eigenvalue weighted by Gasteiger charge is 2.36. The maximum Gasteiger partial charge on any atom is 0.223 e. The molecule has 0 aliphatic carbocycles. The van der Waals surface area contributed by atoms with E-state index in [4.69, 9.17) is 0 Å². The maximum absolute atomic E-state index is 12.1. The van der Waals surface area contributed by atoms with Crippen LogP contribution in [0.3, 0.4) is 0 Å². The van der Waals surface area contributed by atoms with Crippen molar-refractivity contribution < 1.29 is 9.90 Å². The van der Waals surface area contributed by atoms with Crippen LogP contribution in [-0.4, -0.2) is 34.1 Å². The molecule has 94 valence electrons. The topological polar surface area (TPSA) is 40.5 Å². The van der Waals surface area contributed by atoms with Gasteiger partial charge < -0.3 is 10.0 Å². The summed E-state index contributed by atoms with van der Waals surface area (Å²) in [5.41, 5.74) is -0.0900. The Bertz CT molecular complexity index is 248. The quantitative estimate of drug-likeness (QED) is 0.803. The molecule has 1 aliphatic heterocycles. The van der Waals surface area contributed by atoms with Crippen LogP contribution in [-0.2, 0) is 4.79 Å². The van der Waals surface area contributed by atoms with Gasteiger partial charge in [0.25, 0.3) is 0 Å². The predicted molar refractivity (Wildman–Crippen MR) is 65.1 cm³/mol. The van der Waals surface area contributed by atoms with Crippen LogP contribution in [0.1, 0.15) is 53.4 Å². The molecular formula is C13H25NO2. The monoisotopic (exact) mass is 227 g/mol. The van der Waals surface area contributed by atoms with E-state index >= 15 is 0 Å². The van der Waals surface area contributed by atoms with Crippen LogP contribution in [0.4, 0.5) is 0 Å². The number of nitrogens with zero attached hydrogens (tertiary/aromatic N) is 1. The lowest BCUT2D eigenvalue weighted by atomic mass is 9.88. The highest BCUT2D eigenvalue weighted by Crippen LogP contribution is 2.28. The molecule has 0 aromatic heterocycles. The minimum absolute atomic E-state index is 0.0900. The number of rotatable bonds is 3. The Morgan fingerprint density at radius 1 is 1.50 bits per heavy atom. The maximum atomic E-state index is 12.1. The van der Waals surface area contributed by atoms with E-state index in [0.29, 0.717) is 18.9 Å². The third-order valence-corrected chi connectivity index (χ3v) is 3.45. The summed E-state index contributed by atoms with van der Waals surface area (Å²) in [6, 6.07) is 0. The summed E-state index contributed by atoms with van der Waals surface area (Å²) in [6.45, 7) is 8.94. The average molecular weight is 227 g/mol. The van der Waals surface area contributed by atoms with Crippen molar-refractivity contribution in [2.75, 3.05) is 6.54 Å². The molecule has 0 saturated carbocycles. The lowest BCUT2D eigenvalue weighted by Crippen LogP contribution is -2.54. The van der Waals surface area contributed by atoms with Gasteiger partial charge >= 0.3 is 0 Å². The van der Waals surface area contributed by atoms with Crippen molar-refractivity contribution in [2.24, 2.45) is 5.92 Å². The van der Waals surface area contributed by atoms with Crippen LogP contribution in [0.25, 0.3) is 0 Å². The van der Waals surface area contributed by atoms with E-state index in [1.54, 1.807) is 0 Å². The fourth-order valence-corrected chi connectivity index (χ4v) is 2.19. The van der Waals surface area contributed by atoms with E-state index in [1.807, 2.05) is 4.90 Å². The van der Waals surface area contributed by atoms with Gasteiger partial charge in [-0.2, -0.15) is 0 Å². The largest absolute Gasteiger partial charge is 0.391 e. The Balaban J connectivity index is 2.57. The number of piperidine rings is 1. The van der Waals surface area contributed by atoms with Crippen molar-refractivity contribution in [3.8, 4) is 0 Å². The standard InChI is InChI=1S/C13H25NO2/c1-10(2)5-6-12(16)14-9-11(15)7-8-13(14,3)4/h10-11,15H,5-9H2,1-4H3. The first-order chi connectivity index (χ1) is 7.33. The molecule has 1 aliphatic rings. The number of carbonyl (C=O) groups excluding carboxylic acids is 1. The van der Waals surface area contributed by atoms with Gasteiger partial charge in [0.2, 0.25) is 5.91 Å². The fourth-order valence-electron chi connectivity index (χ4n) is 2.19. The van der Waals surface area contributed by atoms with Crippen molar-refractivity contribution in [1.29, 1.82) is 0 Å². The lowest BCUT2D eigenvalue weighted by Gasteiger charge is -2.44. The van der Waals surface area contributed by atoms with Crippen LogP contribution in [0.5, 0.6) is 0 Å². The zero-order chi connectivity index (χ0) is 12.3. The Hall–Kier alpha value is -0.570. The molecule has 1 heterocycles. The van der Waals surface area contributed by atoms with Crippen molar-refractivity contribution in [2.45, 2.75) is 65.0 Å². The molecular weight excluding hydrogens is 202 g/mol. The molecule has 1 atom stereocenters. The van der Waals surface area contributed by atoms with Crippen LogP contribution < -0.4 is 0 Å². The summed E-state index contributed by atoms with van der Waals surface area (Å²) in [4.78, 5) is 13.9. The molecule has 0 bridgehead atoms. The van der Waals surface area contributed by atoms with Gasteiger partial charge in [-0.1, -0.05) is 13.8 Å². The molecule has 16 heavy (non-hydrogen) atoms. The second-order valence-electron chi connectivity index (χ2n) is 5.94. The molecule has 0 aromatic rings. The molecule has 1 fully saturated rings. The van der Waals surface area contributed by atoms with Gasteiger partial charge in [0, 0.05) is 18.5 Å². The van der Waals surface area contributed by atoms with Crippen LogP contribution in [0.2, 0.25) is 0 Å². The second kappa shape index (κ2) is 5.17. The SMILES string of the molecule is CC(C)CCC(=O)N1CC(O)CCC1(C)C. The summed E-state index contributed by atoms with van der Waals surface area (Å²) in [7, 11) is 0. The zero-order valence-corrected chi connectivity index (χ0v) is 11.0. The smallest absolute Gasteiger partial charge is 0.223 e. The molecule has 3 heteroatoms. The van der Waals surface area contributed by atoms with Gasteiger partial charge in [0.15, 0.2) is 0 Å². The van der Waals surface area contributed by atoms with E-state index < -0.39 is 0 Å². The Morgan fingerprint density at radius 3 is 2.69 bits per heavy atom. The van der Waals surface area contributed by atoms with Gasteiger partial charge in [0.05, 0.1) is 6.10 Å². The van der Waals surface area contributed by atoms with Gasteiger partial charge in [-0.3, -0.25) is 4.79 Å². The van der Waals surface area contributed by atoms with E-state index in [1.165, 1.54) is 0 Å². The number of hydrogen-bond acceptors (Lipinski definition) is 2. The molecule has 1 amide bonds.